The molecule has 1 N–H and O–H groups in total. The first kappa shape index (κ1) is 11.7. The minimum Gasteiger partial charge on any atom is -0.478 e. The van der Waals surface area contributed by atoms with Crippen LogP contribution in [0.4, 0.5) is 0 Å². The van der Waals surface area contributed by atoms with Gasteiger partial charge in [0.1, 0.15) is 0 Å². The molecular weight excluding hydrogens is 208 g/mol. The molecule has 0 saturated carbocycles. The Morgan fingerprint density at radius 2 is 2.50 bits per heavy atom. The number of aromatic nitrogens is 1. The van der Waals surface area contributed by atoms with Crippen LogP contribution in [-0.4, -0.2) is 22.6 Å². The molecular formula is C10H10N4O2. The van der Waals surface area contributed by atoms with Gasteiger partial charge in [0, 0.05) is 17.7 Å². The van der Waals surface area contributed by atoms with Crippen LogP contribution in [0.5, 0.6) is 0 Å². The van der Waals surface area contributed by atoms with Crippen molar-refractivity contribution in [1.82, 2.24) is 4.98 Å². The molecule has 0 unspecified atom stereocenters. The highest BCUT2D eigenvalue weighted by molar-refractivity contribution is 5.91. The molecule has 0 radical (unpaired) electrons. The molecule has 0 saturated heterocycles. The van der Waals surface area contributed by atoms with Gasteiger partial charge < -0.3 is 5.11 Å². The number of nitrogens with zero attached hydrogens (tertiary/aromatic N) is 4. The second kappa shape index (κ2) is 6.21. The molecule has 1 heterocycles. The van der Waals surface area contributed by atoms with Crippen molar-refractivity contribution in [2.45, 2.75) is 6.42 Å². The summed E-state index contributed by atoms with van der Waals surface area (Å²) in [6.07, 6.45) is 5.42. The molecule has 0 amide bonds. The molecule has 1 aromatic heterocycles. The lowest BCUT2D eigenvalue weighted by molar-refractivity contribution is 0.0696. The summed E-state index contributed by atoms with van der Waals surface area (Å²) in [5, 5.41) is 12.2. The molecule has 1 aromatic rings. The lowest BCUT2D eigenvalue weighted by Gasteiger charge is -1.98. The van der Waals surface area contributed by atoms with Gasteiger partial charge in [-0.2, -0.15) is 0 Å². The zero-order chi connectivity index (χ0) is 11.8. The van der Waals surface area contributed by atoms with E-state index in [1.54, 1.807) is 18.2 Å². The van der Waals surface area contributed by atoms with Gasteiger partial charge in [0.15, 0.2) is 0 Å². The van der Waals surface area contributed by atoms with Gasteiger partial charge in [0.05, 0.1) is 11.3 Å². The molecule has 0 aliphatic heterocycles. The fourth-order valence-electron chi connectivity index (χ4n) is 1.10. The molecule has 0 atom stereocenters. The summed E-state index contributed by atoms with van der Waals surface area (Å²) in [6.45, 7) is 0.349. The van der Waals surface area contributed by atoms with E-state index in [4.69, 9.17) is 10.6 Å². The molecule has 1 rings (SSSR count). The second-order valence-electron chi connectivity index (χ2n) is 2.89. The quantitative estimate of drug-likeness (QED) is 0.355. The minimum atomic E-state index is -1.01. The lowest BCUT2D eigenvalue weighted by atomic mass is 10.2. The first-order chi connectivity index (χ1) is 7.75. The molecule has 0 fully saturated rings. The molecule has 6 heteroatoms. The SMILES string of the molecule is [N-]=[N+]=NCCC=Cc1ncccc1C(=O)O. The van der Waals surface area contributed by atoms with E-state index in [9.17, 15) is 4.79 Å². The molecule has 0 bridgehead atoms. The van der Waals surface area contributed by atoms with Crippen molar-refractivity contribution in [3.8, 4) is 0 Å². The molecule has 6 nitrogen and oxygen atoms in total. The number of hydrogen-bond donors (Lipinski definition) is 1. The average molecular weight is 218 g/mol. The Hall–Kier alpha value is -2.33. The van der Waals surface area contributed by atoms with Crippen LogP contribution in [0.1, 0.15) is 22.5 Å². The van der Waals surface area contributed by atoms with Crippen molar-refractivity contribution >= 4 is 12.0 Å². The van der Waals surface area contributed by atoms with Crippen molar-refractivity contribution in [3.05, 3.63) is 46.1 Å². The molecule has 82 valence electrons. The fourth-order valence-corrected chi connectivity index (χ4v) is 1.10. The largest absolute Gasteiger partial charge is 0.478 e. The van der Waals surface area contributed by atoms with Gasteiger partial charge in [-0.15, -0.1) is 0 Å². The Balaban J connectivity index is 2.72. The minimum absolute atomic E-state index is 0.155. The second-order valence-corrected chi connectivity index (χ2v) is 2.89. The van der Waals surface area contributed by atoms with Gasteiger partial charge in [0.2, 0.25) is 0 Å². The van der Waals surface area contributed by atoms with E-state index < -0.39 is 5.97 Å². The maximum atomic E-state index is 10.8. The number of rotatable bonds is 5. The number of carboxylic acid groups (broad SMARTS) is 1. The van der Waals surface area contributed by atoms with Gasteiger partial charge in [-0.3, -0.25) is 4.98 Å². The van der Waals surface area contributed by atoms with E-state index in [-0.39, 0.29) is 5.56 Å². The number of hydrogen-bond acceptors (Lipinski definition) is 3. The summed E-state index contributed by atoms with van der Waals surface area (Å²) in [4.78, 5) is 17.4. The third-order valence-corrected chi connectivity index (χ3v) is 1.80. The van der Waals surface area contributed by atoms with Crippen LogP contribution in [0.25, 0.3) is 16.5 Å². The first-order valence-corrected chi connectivity index (χ1v) is 4.61. The molecule has 0 aromatic carbocycles. The van der Waals surface area contributed by atoms with Gasteiger partial charge in [-0.25, -0.2) is 4.79 Å². The zero-order valence-corrected chi connectivity index (χ0v) is 8.45. The Morgan fingerprint density at radius 1 is 1.69 bits per heavy atom. The van der Waals surface area contributed by atoms with Crippen LogP contribution in [-0.2, 0) is 0 Å². The highest BCUT2D eigenvalue weighted by Gasteiger charge is 2.06. The van der Waals surface area contributed by atoms with Crippen molar-refractivity contribution in [2.75, 3.05) is 6.54 Å². The van der Waals surface area contributed by atoms with Gasteiger partial charge in [0.25, 0.3) is 0 Å². The molecule has 0 aliphatic carbocycles. The lowest BCUT2D eigenvalue weighted by Crippen LogP contribution is -2.00. The van der Waals surface area contributed by atoms with Crippen molar-refractivity contribution in [3.63, 3.8) is 0 Å². The molecule has 0 aliphatic rings. The maximum absolute atomic E-state index is 10.8. The highest BCUT2D eigenvalue weighted by atomic mass is 16.4. The maximum Gasteiger partial charge on any atom is 0.337 e. The van der Waals surface area contributed by atoms with Gasteiger partial charge in [-0.1, -0.05) is 11.2 Å². The normalized spacial score (nSPS) is 10.0. The summed E-state index contributed by atoms with van der Waals surface area (Å²) in [6, 6.07) is 3.06. The Labute approximate surface area is 91.9 Å². The fraction of sp³-hybridized carbons (Fsp3) is 0.200. The Bertz CT molecular complexity index is 450. The summed E-state index contributed by atoms with van der Waals surface area (Å²) in [7, 11) is 0. The third-order valence-electron chi connectivity index (χ3n) is 1.80. The summed E-state index contributed by atoms with van der Waals surface area (Å²) in [5.41, 5.74) is 8.60. The average Bonchev–Trinajstić information content (AvgIpc) is 2.29. The van der Waals surface area contributed by atoms with Crippen LogP contribution in [0.3, 0.4) is 0 Å². The molecule has 0 spiro atoms. The summed E-state index contributed by atoms with van der Waals surface area (Å²) >= 11 is 0. The van der Waals surface area contributed by atoms with E-state index in [0.717, 1.165) is 0 Å². The van der Waals surface area contributed by atoms with Crippen molar-refractivity contribution in [2.24, 2.45) is 5.11 Å². The zero-order valence-electron chi connectivity index (χ0n) is 8.45. The van der Waals surface area contributed by atoms with E-state index >= 15 is 0 Å². The standard InChI is InChI=1S/C10H10N4O2/c11-14-13-7-2-1-5-9-8(10(15)16)4-3-6-12-9/h1,3-6H,2,7H2,(H,15,16). The Kier molecular flexibility index (Phi) is 4.56. The Morgan fingerprint density at radius 3 is 3.19 bits per heavy atom. The number of pyridine rings is 1. The number of carboxylic acids is 1. The van der Waals surface area contributed by atoms with E-state index in [1.165, 1.54) is 12.3 Å². The van der Waals surface area contributed by atoms with Crippen LogP contribution in [0.15, 0.2) is 29.5 Å². The van der Waals surface area contributed by atoms with Crippen LogP contribution < -0.4 is 0 Å². The van der Waals surface area contributed by atoms with E-state index in [2.05, 4.69) is 15.0 Å². The predicted octanol–water partition coefficient (Wildman–Crippen LogP) is 2.49. The number of carbonyl (C=O) groups is 1. The number of aromatic carboxylic acids is 1. The van der Waals surface area contributed by atoms with E-state index in [1.807, 2.05) is 0 Å². The van der Waals surface area contributed by atoms with Crippen LogP contribution in [0, 0.1) is 0 Å². The van der Waals surface area contributed by atoms with Crippen molar-refractivity contribution in [1.29, 1.82) is 0 Å². The first-order valence-electron chi connectivity index (χ1n) is 4.61. The van der Waals surface area contributed by atoms with Crippen LogP contribution in [0.2, 0.25) is 0 Å². The third kappa shape index (κ3) is 3.43. The summed E-state index contributed by atoms with van der Waals surface area (Å²) < 4.78 is 0. The molecule has 16 heavy (non-hydrogen) atoms. The summed E-state index contributed by atoms with van der Waals surface area (Å²) in [5.74, 6) is -1.01. The smallest absolute Gasteiger partial charge is 0.337 e. The van der Waals surface area contributed by atoms with Crippen molar-refractivity contribution < 1.29 is 9.90 Å². The van der Waals surface area contributed by atoms with Gasteiger partial charge in [-0.05, 0) is 30.2 Å². The van der Waals surface area contributed by atoms with Crippen LogP contribution >= 0.6 is 0 Å². The monoisotopic (exact) mass is 218 g/mol. The highest BCUT2D eigenvalue weighted by Crippen LogP contribution is 2.07. The number of azide groups is 1. The predicted molar refractivity (Wildman–Crippen MR) is 58.9 cm³/mol. The van der Waals surface area contributed by atoms with Gasteiger partial charge >= 0.3 is 5.97 Å². The van der Waals surface area contributed by atoms with E-state index in [0.29, 0.717) is 18.7 Å². The topological polar surface area (TPSA) is 99.0 Å².